The van der Waals surface area contributed by atoms with E-state index in [4.69, 9.17) is 34.8 Å². The summed E-state index contributed by atoms with van der Waals surface area (Å²) in [4.78, 5) is 26.7. The number of halogens is 3. The highest BCUT2D eigenvalue weighted by Crippen LogP contribution is 2.39. The maximum atomic E-state index is 12.3. The zero-order valence-corrected chi connectivity index (χ0v) is 15.3. The predicted molar refractivity (Wildman–Crippen MR) is 97.0 cm³/mol. The van der Waals surface area contributed by atoms with Crippen molar-refractivity contribution < 1.29 is 9.72 Å². The molecule has 124 valence electrons. The van der Waals surface area contributed by atoms with E-state index in [1.54, 1.807) is 0 Å². The van der Waals surface area contributed by atoms with Crippen molar-refractivity contribution in [1.29, 1.82) is 0 Å². The minimum Gasteiger partial charge on any atom is -0.336 e. The molecular formula is C12H10Cl3N3O3S2. The zero-order valence-electron chi connectivity index (χ0n) is 11.4. The van der Waals surface area contributed by atoms with Gasteiger partial charge in [-0.05, 0) is 6.07 Å². The van der Waals surface area contributed by atoms with E-state index in [0.29, 0.717) is 6.54 Å². The van der Waals surface area contributed by atoms with Crippen molar-refractivity contribution in [3.8, 4) is 0 Å². The Morgan fingerprint density at radius 3 is 2.78 bits per heavy atom. The number of hydrogen-bond acceptors (Lipinski definition) is 6. The predicted octanol–water partition coefficient (Wildman–Crippen LogP) is 3.86. The Hall–Kier alpha value is -0.670. The molecule has 0 aliphatic carbocycles. The van der Waals surface area contributed by atoms with Crippen LogP contribution in [0.2, 0.25) is 0 Å². The lowest BCUT2D eigenvalue weighted by atomic mass is 10.2. The molecule has 0 unspecified atom stereocenters. The van der Waals surface area contributed by atoms with E-state index in [9.17, 15) is 14.9 Å². The second kappa shape index (κ2) is 7.94. The van der Waals surface area contributed by atoms with Crippen LogP contribution >= 0.6 is 58.3 Å². The number of thioether (sulfide) groups is 2. The van der Waals surface area contributed by atoms with Crippen LogP contribution in [-0.4, -0.2) is 36.7 Å². The van der Waals surface area contributed by atoms with Gasteiger partial charge in [0, 0.05) is 23.4 Å². The molecule has 0 spiro atoms. The maximum absolute atomic E-state index is 12.3. The SMILES string of the molecule is O=C(N[C@H](SC1=NCCS1)C(Cl)(Cl)Cl)c1cccc([N+](=O)[O-])c1. The van der Waals surface area contributed by atoms with Gasteiger partial charge in [0.05, 0.1) is 11.5 Å². The van der Waals surface area contributed by atoms with Gasteiger partial charge >= 0.3 is 0 Å². The van der Waals surface area contributed by atoms with Gasteiger partial charge in [-0.15, -0.1) is 0 Å². The quantitative estimate of drug-likeness (QED) is 0.350. The molecule has 1 aliphatic rings. The molecule has 1 amide bonds. The van der Waals surface area contributed by atoms with Crippen LogP contribution in [0, 0.1) is 10.1 Å². The summed E-state index contributed by atoms with van der Waals surface area (Å²) in [7, 11) is 0. The number of nitro groups is 1. The number of rotatable bonds is 4. The molecule has 1 aliphatic heterocycles. The number of non-ortho nitro benzene ring substituents is 1. The summed E-state index contributed by atoms with van der Waals surface area (Å²) < 4.78 is -1.03. The van der Waals surface area contributed by atoms with Gasteiger partial charge < -0.3 is 5.32 Å². The fourth-order valence-electron chi connectivity index (χ4n) is 1.63. The maximum Gasteiger partial charge on any atom is 0.270 e. The topological polar surface area (TPSA) is 84.6 Å². The minimum atomic E-state index is -1.76. The first-order chi connectivity index (χ1) is 10.8. The van der Waals surface area contributed by atoms with Crippen molar-refractivity contribution in [2.24, 2.45) is 4.99 Å². The van der Waals surface area contributed by atoms with Gasteiger partial charge in [-0.2, -0.15) is 0 Å². The van der Waals surface area contributed by atoms with Crippen LogP contribution in [0.4, 0.5) is 5.69 Å². The van der Waals surface area contributed by atoms with Crippen LogP contribution in [0.1, 0.15) is 10.4 Å². The van der Waals surface area contributed by atoms with Gasteiger partial charge in [0.25, 0.3) is 11.6 Å². The van der Waals surface area contributed by atoms with Gasteiger partial charge in [-0.25, -0.2) is 0 Å². The fourth-order valence-corrected chi connectivity index (χ4v) is 4.21. The summed E-state index contributed by atoms with van der Waals surface area (Å²) in [5.74, 6) is 0.273. The molecule has 23 heavy (non-hydrogen) atoms. The van der Waals surface area contributed by atoms with E-state index >= 15 is 0 Å². The highest BCUT2D eigenvalue weighted by atomic mass is 35.6. The van der Waals surface area contributed by atoms with Gasteiger partial charge in [-0.3, -0.25) is 19.9 Å². The van der Waals surface area contributed by atoms with Crippen molar-refractivity contribution in [2.45, 2.75) is 9.17 Å². The molecule has 11 heteroatoms. The molecule has 0 fully saturated rings. The molecule has 0 bridgehead atoms. The summed E-state index contributed by atoms with van der Waals surface area (Å²) in [5, 5.41) is 12.5. The van der Waals surface area contributed by atoms with Crippen molar-refractivity contribution in [3.63, 3.8) is 0 Å². The second-order valence-corrected chi connectivity index (χ2v) is 9.12. The molecule has 0 saturated carbocycles. The summed E-state index contributed by atoms with van der Waals surface area (Å²) in [6.45, 7) is 0.679. The molecule has 1 atom stereocenters. The van der Waals surface area contributed by atoms with E-state index in [1.807, 2.05) is 0 Å². The Labute approximate surface area is 155 Å². The molecule has 2 rings (SSSR count). The summed E-state index contributed by atoms with van der Waals surface area (Å²) in [5.41, 5.74) is -0.0773. The molecule has 1 aromatic carbocycles. The van der Waals surface area contributed by atoms with E-state index < -0.39 is 20.0 Å². The van der Waals surface area contributed by atoms with E-state index in [0.717, 1.165) is 28.0 Å². The van der Waals surface area contributed by atoms with Gasteiger partial charge in [0.1, 0.15) is 9.75 Å². The van der Waals surface area contributed by atoms with E-state index in [1.165, 1.54) is 30.0 Å². The standard InChI is InChI=1S/C12H10Cl3N3O3S2/c13-12(14,15)10(23-11-16-4-5-22-11)17-9(19)7-2-1-3-8(6-7)18(20)21/h1-3,6,10H,4-5H2,(H,17,19)/t10-/m1/s1. The molecule has 0 saturated heterocycles. The van der Waals surface area contributed by atoms with Crippen LogP contribution in [0.5, 0.6) is 0 Å². The number of nitrogens with one attached hydrogen (secondary N) is 1. The van der Waals surface area contributed by atoms with Crippen molar-refractivity contribution >= 4 is 74.3 Å². The monoisotopic (exact) mass is 413 g/mol. The smallest absolute Gasteiger partial charge is 0.270 e. The van der Waals surface area contributed by atoms with Crippen molar-refractivity contribution in [3.05, 3.63) is 39.9 Å². The Balaban J connectivity index is 2.13. The highest BCUT2D eigenvalue weighted by Gasteiger charge is 2.36. The van der Waals surface area contributed by atoms with Crippen molar-refractivity contribution in [2.75, 3.05) is 12.3 Å². The average molecular weight is 415 g/mol. The number of carbonyl (C=O) groups excluding carboxylic acids is 1. The Bertz CT molecular complexity index is 652. The average Bonchev–Trinajstić information content (AvgIpc) is 2.98. The third kappa shape index (κ3) is 5.42. The van der Waals surface area contributed by atoms with Crippen LogP contribution in [0.25, 0.3) is 0 Å². The third-order valence-electron chi connectivity index (χ3n) is 2.66. The van der Waals surface area contributed by atoms with Gasteiger partial charge in [0.15, 0.2) is 0 Å². The van der Waals surface area contributed by atoms with Crippen LogP contribution in [0.3, 0.4) is 0 Å². The van der Waals surface area contributed by atoms with Gasteiger partial charge in [-0.1, -0.05) is 64.4 Å². The first kappa shape index (κ1) is 18.7. The molecule has 6 nitrogen and oxygen atoms in total. The second-order valence-electron chi connectivity index (χ2n) is 4.32. The number of amides is 1. The van der Waals surface area contributed by atoms with Crippen LogP contribution in [-0.2, 0) is 0 Å². The number of alkyl halides is 3. The fraction of sp³-hybridized carbons (Fsp3) is 0.333. The number of hydrogen-bond donors (Lipinski definition) is 1. The summed E-state index contributed by atoms with van der Waals surface area (Å²) in [6, 6.07) is 5.32. The Kier molecular flexibility index (Phi) is 6.44. The first-order valence-electron chi connectivity index (χ1n) is 6.23. The third-order valence-corrected chi connectivity index (χ3v) is 6.14. The Morgan fingerprint density at radius 1 is 1.48 bits per heavy atom. The molecule has 1 aromatic rings. The number of aliphatic imine (C=N–C) groups is 1. The largest absolute Gasteiger partial charge is 0.336 e. The van der Waals surface area contributed by atoms with Crippen molar-refractivity contribution in [1.82, 2.24) is 5.32 Å². The zero-order chi connectivity index (χ0) is 17.0. The number of benzene rings is 1. The molecule has 1 heterocycles. The van der Waals surface area contributed by atoms with E-state index in [-0.39, 0.29) is 11.3 Å². The number of nitrogens with zero attached hydrogens (tertiary/aromatic N) is 2. The summed E-state index contributed by atoms with van der Waals surface area (Å²) >= 11 is 20.4. The van der Waals surface area contributed by atoms with Crippen LogP contribution in [0.15, 0.2) is 29.3 Å². The lowest BCUT2D eigenvalue weighted by Gasteiger charge is -2.24. The number of carbonyl (C=O) groups is 1. The molecule has 0 aromatic heterocycles. The lowest BCUT2D eigenvalue weighted by molar-refractivity contribution is -0.384. The Morgan fingerprint density at radius 2 is 2.22 bits per heavy atom. The first-order valence-corrected chi connectivity index (χ1v) is 9.23. The van der Waals surface area contributed by atoms with Crippen LogP contribution < -0.4 is 5.32 Å². The molecule has 1 N–H and O–H groups in total. The van der Waals surface area contributed by atoms with E-state index in [2.05, 4.69) is 10.3 Å². The normalized spacial score (nSPS) is 15.9. The summed E-state index contributed by atoms with van der Waals surface area (Å²) in [6.07, 6.45) is 0. The molecular weight excluding hydrogens is 405 g/mol. The minimum absolute atomic E-state index is 0.111. The lowest BCUT2D eigenvalue weighted by Crippen LogP contribution is -2.41. The molecule has 0 radical (unpaired) electrons. The number of nitro benzene ring substituents is 1. The highest BCUT2D eigenvalue weighted by molar-refractivity contribution is 8.39. The van der Waals surface area contributed by atoms with Gasteiger partial charge in [0.2, 0.25) is 3.79 Å².